The second-order valence-electron chi connectivity index (χ2n) is 8.03. The largest absolute Gasteiger partial charge is 0.493 e. The molecule has 0 spiro atoms. The molecule has 2 heterocycles. The van der Waals surface area contributed by atoms with Crippen LogP contribution in [-0.4, -0.2) is 49.7 Å². The summed E-state index contributed by atoms with van der Waals surface area (Å²) in [5.74, 6) is 1.27. The average Bonchev–Trinajstić information content (AvgIpc) is 3.24. The first kappa shape index (κ1) is 24.7. The number of hydrogen-bond acceptors (Lipinski definition) is 6. The zero-order valence-corrected chi connectivity index (χ0v) is 19.4. The van der Waals surface area contributed by atoms with Crippen molar-refractivity contribution in [3.63, 3.8) is 0 Å². The molecule has 1 aliphatic rings. The van der Waals surface area contributed by atoms with Crippen LogP contribution in [-0.2, 0) is 4.79 Å². The Kier molecular flexibility index (Phi) is 8.47. The van der Waals surface area contributed by atoms with Gasteiger partial charge in [0.1, 0.15) is 12.1 Å². The highest BCUT2D eigenvalue weighted by atomic mass is 35.5. The molecule has 33 heavy (non-hydrogen) atoms. The van der Waals surface area contributed by atoms with Crippen LogP contribution in [0.25, 0.3) is 16.5 Å². The van der Waals surface area contributed by atoms with Crippen LogP contribution in [0.15, 0.2) is 47.5 Å². The summed E-state index contributed by atoms with van der Waals surface area (Å²) in [6.07, 6.45) is 3.61. The van der Waals surface area contributed by atoms with Gasteiger partial charge in [-0.05, 0) is 62.2 Å². The number of ether oxygens (including phenoxy) is 2. The lowest BCUT2D eigenvalue weighted by Crippen LogP contribution is -2.34. The predicted octanol–water partition coefficient (Wildman–Crippen LogP) is 5.26. The maximum atomic E-state index is 13.4. The molecule has 176 valence electrons. The van der Waals surface area contributed by atoms with Crippen LogP contribution >= 0.6 is 12.4 Å². The topological polar surface area (TPSA) is 64.8 Å². The summed E-state index contributed by atoms with van der Waals surface area (Å²) in [5, 5.41) is 5.13. The number of hydrogen-bond donors (Lipinski definition) is 0. The highest BCUT2D eigenvalue weighted by Gasteiger charge is 2.25. The van der Waals surface area contributed by atoms with Gasteiger partial charge in [-0.15, -0.1) is 12.4 Å². The van der Waals surface area contributed by atoms with Gasteiger partial charge in [-0.25, -0.2) is 4.39 Å². The number of fused-ring (bicyclic) bond motifs is 1. The smallest absolute Gasteiger partial charge is 0.170 e. The van der Waals surface area contributed by atoms with Crippen LogP contribution in [0, 0.1) is 5.82 Å². The molecule has 8 heteroatoms. The number of methoxy groups -OCH3 is 1. The average molecular weight is 475 g/mol. The van der Waals surface area contributed by atoms with Gasteiger partial charge in [0.05, 0.1) is 19.4 Å². The Morgan fingerprint density at radius 2 is 2.03 bits per heavy atom. The van der Waals surface area contributed by atoms with E-state index in [0.717, 1.165) is 61.8 Å². The van der Waals surface area contributed by atoms with E-state index < -0.39 is 0 Å². The Bertz CT molecular complexity index is 1110. The molecular formula is C25H28ClFN2O4. The summed E-state index contributed by atoms with van der Waals surface area (Å²) in [6.45, 7) is 7.20. The number of piperidine rings is 1. The van der Waals surface area contributed by atoms with E-state index in [0.29, 0.717) is 35.2 Å². The van der Waals surface area contributed by atoms with Crippen molar-refractivity contribution in [3.05, 3.63) is 60.1 Å². The van der Waals surface area contributed by atoms with Crippen LogP contribution < -0.4 is 9.47 Å². The van der Waals surface area contributed by atoms with Gasteiger partial charge in [0, 0.05) is 29.5 Å². The van der Waals surface area contributed by atoms with Crippen molar-refractivity contribution in [1.29, 1.82) is 0 Å². The molecule has 0 saturated carbocycles. The molecule has 0 amide bonds. The molecule has 0 bridgehead atoms. The maximum Gasteiger partial charge on any atom is 0.170 e. The third kappa shape index (κ3) is 5.72. The number of allylic oxidation sites excluding steroid dienone is 1. The molecule has 0 aliphatic carbocycles. The molecular weight excluding hydrogens is 447 g/mol. The maximum absolute atomic E-state index is 13.4. The Labute approximate surface area is 198 Å². The van der Waals surface area contributed by atoms with E-state index in [-0.39, 0.29) is 18.2 Å². The predicted molar refractivity (Wildman–Crippen MR) is 128 cm³/mol. The summed E-state index contributed by atoms with van der Waals surface area (Å²) >= 11 is 0. The van der Waals surface area contributed by atoms with Crippen LogP contribution in [0.4, 0.5) is 4.39 Å². The molecule has 1 saturated heterocycles. The van der Waals surface area contributed by atoms with Crippen molar-refractivity contribution in [2.24, 2.45) is 0 Å². The van der Waals surface area contributed by atoms with Crippen LogP contribution in [0.1, 0.15) is 36.4 Å². The minimum atomic E-state index is -0.308. The van der Waals surface area contributed by atoms with E-state index in [1.165, 1.54) is 12.1 Å². The fraction of sp³-hybridized carbons (Fsp3) is 0.360. The number of nitrogens with zero attached hydrogens (tertiary/aromatic N) is 2. The molecule has 2 aromatic carbocycles. The normalized spacial score (nSPS) is 14.6. The van der Waals surface area contributed by atoms with E-state index in [4.69, 9.17) is 14.0 Å². The highest BCUT2D eigenvalue weighted by molar-refractivity contribution is 6.05. The minimum absolute atomic E-state index is 0. The summed E-state index contributed by atoms with van der Waals surface area (Å²) < 4.78 is 30.0. The van der Waals surface area contributed by atoms with E-state index in [2.05, 4.69) is 16.6 Å². The first-order valence-electron chi connectivity index (χ1n) is 10.8. The molecule has 1 aromatic heterocycles. The van der Waals surface area contributed by atoms with Gasteiger partial charge < -0.3 is 18.9 Å². The van der Waals surface area contributed by atoms with Gasteiger partial charge in [0.25, 0.3) is 0 Å². The zero-order valence-electron chi connectivity index (χ0n) is 18.6. The van der Waals surface area contributed by atoms with Crippen molar-refractivity contribution < 1.29 is 23.2 Å². The van der Waals surface area contributed by atoms with Crippen molar-refractivity contribution >= 4 is 35.2 Å². The molecule has 0 unspecified atom stereocenters. The van der Waals surface area contributed by atoms with Gasteiger partial charge in [-0.3, -0.25) is 4.79 Å². The quantitative estimate of drug-likeness (QED) is 0.239. The van der Waals surface area contributed by atoms with Gasteiger partial charge in [-0.1, -0.05) is 17.8 Å². The minimum Gasteiger partial charge on any atom is -0.493 e. The first-order valence-corrected chi connectivity index (χ1v) is 10.8. The van der Waals surface area contributed by atoms with Crippen molar-refractivity contribution in [1.82, 2.24) is 10.1 Å². The van der Waals surface area contributed by atoms with Gasteiger partial charge in [0.15, 0.2) is 17.1 Å². The number of aldehydes is 1. The van der Waals surface area contributed by atoms with Crippen LogP contribution in [0.3, 0.4) is 0 Å². The Morgan fingerprint density at radius 1 is 1.24 bits per heavy atom. The third-order valence-electron chi connectivity index (χ3n) is 5.99. The van der Waals surface area contributed by atoms with Crippen molar-refractivity contribution in [3.8, 4) is 11.5 Å². The fourth-order valence-corrected chi connectivity index (χ4v) is 4.18. The monoisotopic (exact) mass is 474 g/mol. The second kappa shape index (κ2) is 11.3. The second-order valence-corrected chi connectivity index (χ2v) is 8.03. The van der Waals surface area contributed by atoms with Crippen LogP contribution in [0.5, 0.6) is 11.5 Å². The van der Waals surface area contributed by atoms with E-state index in [1.807, 2.05) is 6.07 Å². The lowest BCUT2D eigenvalue weighted by molar-refractivity contribution is -0.103. The number of likely N-dealkylation sites (tertiary alicyclic amines) is 1. The van der Waals surface area contributed by atoms with E-state index >= 15 is 0 Å². The zero-order chi connectivity index (χ0) is 22.5. The Balaban J connectivity index is 0.00000306. The van der Waals surface area contributed by atoms with Gasteiger partial charge >= 0.3 is 0 Å². The summed E-state index contributed by atoms with van der Waals surface area (Å²) in [7, 11) is 1.58. The molecule has 0 atom stereocenters. The van der Waals surface area contributed by atoms with Crippen molar-refractivity contribution in [2.45, 2.75) is 25.2 Å². The standard InChI is InChI=1S/C25H27FN2O4.ClH/c1-17(16-29)19-4-7-22(24(14-19)30-2)31-13-3-10-28-11-8-18(9-12-28)25-21-6-5-20(26)15-23(21)32-27-25;/h4-7,14-16,18H,1,3,8-13H2,2H3;1H. The summed E-state index contributed by atoms with van der Waals surface area (Å²) in [5.41, 5.74) is 2.58. The fourth-order valence-electron chi connectivity index (χ4n) is 4.18. The van der Waals surface area contributed by atoms with Gasteiger partial charge in [0.2, 0.25) is 0 Å². The number of halogens is 2. The van der Waals surface area contributed by atoms with Crippen LogP contribution in [0.2, 0.25) is 0 Å². The van der Waals surface area contributed by atoms with Crippen molar-refractivity contribution in [2.75, 3.05) is 33.4 Å². The Morgan fingerprint density at radius 3 is 2.76 bits per heavy atom. The number of carbonyl (C=O) groups excluding carboxylic acids is 1. The SMILES string of the molecule is C=C(C=O)c1ccc(OCCCN2CCC(c3noc4cc(F)ccc34)CC2)c(OC)c1.Cl. The molecule has 0 radical (unpaired) electrons. The Hall–Kier alpha value is -2.90. The third-order valence-corrected chi connectivity index (χ3v) is 5.99. The first-order chi connectivity index (χ1) is 15.6. The molecule has 6 nitrogen and oxygen atoms in total. The molecule has 4 rings (SSSR count). The number of carbonyl (C=O) groups is 1. The number of rotatable bonds is 9. The number of benzene rings is 2. The molecule has 1 aliphatic heterocycles. The lowest BCUT2D eigenvalue weighted by atomic mass is 9.91. The molecule has 0 N–H and O–H groups in total. The van der Waals surface area contributed by atoms with E-state index in [1.54, 1.807) is 25.3 Å². The summed E-state index contributed by atoms with van der Waals surface area (Å²) in [6, 6.07) is 9.99. The number of aromatic nitrogens is 1. The molecule has 3 aromatic rings. The summed E-state index contributed by atoms with van der Waals surface area (Å²) in [4.78, 5) is 13.3. The molecule has 1 fully saturated rings. The lowest BCUT2D eigenvalue weighted by Gasteiger charge is -2.31. The highest BCUT2D eigenvalue weighted by Crippen LogP contribution is 2.33. The van der Waals surface area contributed by atoms with E-state index in [9.17, 15) is 9.18 Å². The van der Waals surface area contributed by atoms with Gasteiger partial charge in [-0.2, -0.15) is 0 Å².